The summed E-state index contributed by atoms with van der Waals surface area (Å²) in [6.07, 6.45) is 4.30. The molecule has 0 amide bonds. The van der Waals surface area contributed by atoms with Crippen LogP contribution in [0.2, 0.25) is 0 Å². The molecule has 0 unspecified atom stereocenters. The van der Waals surface area contributed by atoms with Crippen LogP contribution in [0.5, 0.6) is 0 Å². The molecule has 0 aliphatic heterocycles. The molecule has 1 aromatic heterocycles. The van der Waals surface area contributed by atoms with Crippen molar-refractivity contribution in [3.63, 3.8) is 0 Å². The van der Waals surface area contributed by atoms with E-state index in [0.29, 0.717) is 0 Å². The van der Waals surface area contributed by atoms with Gasteiger partial charge in [-0.3, -0.25) is 4.79 Å². The van der Waals surface area contributed by atoms with Gasteiger partial charge in [-0.1, -0.05) is 36.0 Å². The zero-order chi connectivity index (χ0) is 19.4. The molecule has 0 N–H and O–H groups in total. The average Bonchev–Trinajstić information content (AvgIpc) is 2.91. The van der Waals surface area contributed by atoms with Gasteiger partial charge in [0.25, 0.3) is 5.82 Å². The Morgan fingerprint density at radius 3 is 2.52 bits per heavy atom. The molecule has 27 heavy (non-hydrogen) atoms. The number of carbonyl (C=O) groups is 1. The molecule has 2 aromatic carbocycles. The number of benzene rings is 2. The third-order valence-corrected chi connectivity index (χ3v) is 5.58. The molecule has 3 rings (SSSR count). The van der Waals surface area contributed by atoms with Crippen LogP contribution in [0.25, 0.3) is 23.2 Å². The molecule has 4 nitrogen and oxygen atoms in total. The monoisotopic (exact) mass is 380 g/mol. The van der Waals surface area contributed by atoms with Crippen LogP contribution >= 0.6 is 11.8 Å². The van der Waals surface area contributed by atoms with Crippen LogP contribution in [0, 0.1) is 0 Å². The quantitative estimate of drug-likeness (QED) is 0.608. The van der Waals surface area contributed by atoms with E-state index in [1.807, 2.05) is 0 Å². The van der Waals surface area contributed by atoms with E-state index in [1.165, 1.54) is 22.8 Å². The van der Waals surface area contributed by atoms with Gasteiger partial charge in [-0.05, 0) is 35.9 Å². The third-order valence-electron chi connectivity index (χ3n) is 4.78. The summed E-state index contributed by atoms with van der Waals surface area (Å²) in [6.45, 7) is 2.47. The first-order valence-electron chi connectivity index (χ1n) is 9.03. The summed E-state index contributed by atoms with van der Waals surface area (Å²) in [5, 5.41) is 0.172. The second kappa shape index (κ2) is 8.44. The number of imidazole rings is 1. The summed E-state index contributed by atoms with van der Waals surface area (Å²) in [7, 11) is 6.25. The minimum Gasteiger partial charge on any atom is -0.374 e. The van der Waals surface area contributed by atoms with Gasteiger partial charge in [-0.2, -0.15) is 0 Å². The lowest BCUT2D eigenvalue weighted by Crippen LogP contribution is -2.30. The first-order chi connectivity index (χ1) is 13.0. The van der Waals surface area contributed by atoms with E-state index in [9.17, 15) is 4.79 Å². The molecule has 1 heterocycles. The number of carbonyl (C=O) groups excluding carboxylic acids is 1. The van der Waals surface area contributed by atoms with Crippen LogP contribution in [-0.4, -0.2) is 29.0 Å². The standard InChI is InChI=1S/C22H26N3OS/c1-17(26)27-16-15-23(2)19-12-9-18(10-13-19)11-14-22-24(3)20-7-5-6-8-21(20)25(22)4/h5-14H,15-16H2,1-4H3/q+1. The van der Waals surface area contributed by atoms with Crippen molar-refractivity contribution < 1.29 is 9.36 Å². The SMILES string of the molecule is CC(=O)SCCN(C)c1ccc(/C=C/c2n(C)c3ccccc3[n+]2C)cc1. The molecule has 0 radical (unpaired) electrons. The molecular weight excluding hydrogens is 354 g/mol. The Labute approximate surface area is 165 Å². The number of hydrogen-bond donors (Lipinski definition) is 0. The average molecular weight is 381 g/mol. The number of aromatic nitrogens is 2. The topological polar surface area (TPSA) is 29.1 Å². The van der Waals surface area contributed by atoms with Gasteiger partial charge in [0, 0.05) is 38.0 Å². The first kappa shape index (κ1) is 19.2. The fraction of sp³-hybridized carbons (Fsp3) is 0.273. The molecular formula is C22H26N3OS+. The Morgan fingerprint density at radius 1 is 1.15 bits per heavy atom. The van der Waals surface area contributed by atoms with Crippen LogP contribution in [-0.2, 0) is 18.9 Å². The van der Waals surface area contributed by atoms with Gasteiger partial charge in [0.15, 0.2) is 16.1 Å². The molecule has 3 aromatic rings. The second-order valence-corrected chi connectivity index (χ2v) is 7.92. The summed E-state index contributed by atoms with van der Waals surface area (Å²) in [5.74, 6) is 1.96. The van der Waals surface area contributed by atoms with Crippen LogP contribution < -0.4 is 9.47 Å². The lowest BCUT2D eigenvalue weighted by molar-refractivity contribution is -0.647. The second-order valence-electron chi connectivity index (χ2n) is 6.65. The Hall–Kier alpha value is -2.53. The van der Waals surface area contributed by atoms with Crippen LogP contribution in [0.4, 0.5) is 5.69 Å². The number of fused-ring (bicyclic) bond motifs is 1. The molecule has 0 fully saturated rings. The minimum atomic E-state index is 0.172. The van der Waals surface area contributed by atoms with E-state index in [-0.39, 0.29) is 5.12 Å². The van der Waals surface area contributed by atoms with E-state index in [0.717, 1.165) is 29.4 Å². The van der Waals surface area contributed by atoms with E-state index >= 15 is 0 Å². The Balaban J connectivity index is 1.72. The lowest BCUT2D eigenvalue weighted by Gasteiger charge is -2.18. The van der Waals surface area contributed by atoms with E-state index in [4.69, 9.17) is 0 Å². The molecule has 0 spiro atoms. The van der Waals surface area contributed by atoms with Gasteiger partial charge in [0.2, 0.25) is 0 Å². The van der Waals surface area contributed by atoms with Gasteiger partial charge in [-0.25, -0.2) is 9.13 Å². The highest BCUT2D eigenvalue weighted by atomic mass is 32.2. The molecule has 0 atom stereocenters. The van der Waals surface area contributed by atoms with Gasteiger partial charge in [0.1, 0.15) is 0 Å². The van der Waals surface area contributed by atoms with Gasteiger partial charge < -0.3 is 4.90 Å². The highest BCUT2D eigenvalue weighted by molar-refractivity contribution is 8.13. The summed E-state index contributed by atoms with van der Waals surface area (Å²) in [5.41, 5.74) is 4.77. The maximum absolute atomic E-state index is 11.0. The fourth-order valence-electron chi connectivity index (χ4n) is 3.19. The Bertz CT molecular complexity index is 934. The smallest absolute Gasteiger partial charge is 0.281 e. The number of thioether (sulfide) groups is 1. The van der Waals surface area contributed by atoms with Crippen molar-refractivity contribution in [3.8, 4) is 0 Å². The normalized spacial score (nSPS) is 11.4. The zero-order valence-electron chi connectivity index (χ0n) is 16.3. The molecule has 5 heteroatoms. The predicted octanol–water partition coefficient (Wildman–Crippen LogP) is 3.89. The molecule has 0 aliphatic carbocycles. The maximum Gasteiger partial charge on any atom is 0.281 e. The van der Waals surface area contributed by atoms with Gasteiger partial charge >= 0.3 is 0 Å². The summed E-state index contributed by atoms with van der Waals surface area (Å²) < 4.78 is 4.42. The number of para-hydroxylation sites is 2. The lowest BCUT2D eigenvalue weighted by atomic mass is 10.2. The first-order valence-corrected chi connectivity index (χ1v) is 10.0. The van der Waals surface area contributed by atoms with Gasteiger partial charge in [0.05, 0.1) is 14.1 Å². The van der Waals surface area contributed by atoms with Crippen LogP contribution in [0.3, 0.4) is 0 Å². The van der Waals surface area contributed by atoms with Crippen LogP contribution in [0.15, 0.2) is 48.5 Å². The van der Waals surface area contributed by atoms with Crippen molar-refractivity contribution in [2.24, 2.45) is 14.1 Å². The summed E-state index contributed by atoms with van der Waals surface area (Å²) >= 11 is 1.37. The largest absolute Gasteiger partial charge is 0.374 e. The van der Waals surface area contributed by atoms with Crippen molar-refractivity contribution in [2.75, 3.05) is 24.2 Å². The number of hydrogen-bond acceptors (Lipinski definition) is 3. The Morgan fingerprint density at radius 2 is 1.85 bits per heavy atom. The molecule has 0 bridgehead atoms. The summed E-state index contributed by atoms with van der Waals surface area (Å²) in [4.78, 5) is 13.2. The Kier molecular flexibility index (Phi) is 6.01. The molecule has 0 saturated heterocycles. The minimum absolute atomic E-state index is 0.172. The van der Waals surface area contributed by atoms with E-state index < -0.39 is 0 Å². The van der Waals surface area contributed by atoms with Crippen LogP contribution in [0.1, 0.15) is 18.3 Å². The van der Waals surface area contributed by atoms with E-state index in [1.54, 1.807) is 6.92 Å². The van der Waals surface area contributed by atoms with Crippen molar-refractivity contribution in [2.45, 2.75) is 6.92 Å². The van der Waals surface area contributed by atoms with Crippen molar-refractivity contribution in [3.05, 3.63) is 59.9 Å². The summed E-state index contributed by atoms with van der Waals surface area (Å²) in [6, 6.07) is 16.9. The highest BCUT2D eigenvalue weighted by Crippen LogP contribution is 2.17. The van der Waals surface area contributed by atoms with Gasteiger partial charge in [-0.15, -0.1) is 0 Å². The van der Waals surface area contributed by atoms with Crippen molar-refractivity contribution in [1.82, 2.24) is 4.57 Å². The van der Waals surface area contributed by atoms with Crippen molar-refractivity contribution >= 4 is 45.7 Å². The fourth-order valence-corrected chi connectivity index (χ4v) is 3.85. The van der Waals surface area contributed by atoms with E-state index in [2.05, 4.69) is 95.9 Å². The van der Waals surface area contributed by atoms with Crippen molar-refractivity contribution in [1.29, 1.82) is 0 Å². The highest BCUT2D eigenvalue weighted by Gasteiger charge is 2.16. The molecule has 0 aliphatic rings. The number of anilines is 1. The zero-order valence-corrected chi connectivity index (χ0v) is 17.2. The predicted molar refractivity (Wildman–Crippen MR) is 116 cm³/mol. The number of nitrogens with zero attached hydrogens (tertiary/aromatic N) is 3. The number of aryl methyl sites for hydroxylation is 2. The number of rotatable bonds is 6. The molecule has 140 valence electrons. The molecule has 0 saturated carbocycles. The third kappa shape index (κ3) is 4.42. The maximum atomic E-state index is 11.0.